The van der Waals surface area contributed by atoms with E-state index >= 15 is 0 Å². The van der Waals surface area contributed by atoms with E-state index in [1.165, 1.54) is 10.5 Å². The number of ether oxygens (including phenoxy) is 1. The zero-order chi connectivity index (χ0) is 30.9. The van der Waals surface area contributed by atoms with Crippen LogP contribution in [0.5, 0.6) is 11.5 Å². The lowest BCUT2D eigenvalue weighted by Crippen LogP contribution is -2.52. The Morgan fingerprint density at radius 1 is 0.844 bits per heavy atom. The van der Waals surface area contributed by atoms with E-state index in [4.69, 9.17) is 4.74 Å². The summed E-state index contributed by atoms with van der Waals surface area (Å²) in [5, 5.41) is 3.02. The minimum Gasteiger partial charge on any atom is -0.457 e. The summed E-state index contributed by atoms with van der Waals surface area (Å²) in [6.07, 6.45) is 1.15. The quantitative estimate of drug-likeness (QED) is 0.306. The van der Waals surface area contributed by atoms with E-state index in [1.807, 2.05) is 102 Å². The van der Waals surface area contributed by atoms with Crippen LogP contribution in [0, 0.1) is 0 Å². The van der Waals surface area contributed by atoms with Crippen LogP contribution in [0.25, 0.3) is 0 Å². The molecule has 3 heterocycles. The molecule has 1 N–H and O–H groups in total. The molecule has 0 saturated carbocycles. The average molecular weight is 599 g/mol. The molecule has 3 aliphatic heterocycles. The molecule has 4 aromatic rings. The first kappa shape index (κ1) is 28.4. The molecule has 0 radical (unpaired) electrons. The van der Waals surface area contributed by atoms with Crippen molar-refractivity contribution in [2.45, 2.75) is 31.5 Å². The second-order valence-corrected chi connectivity index (χ2v) is 11.7. The van der Waals surface area contributed by atoms with Crippen molar-refractivity contribution < 1.29 is 19.1 Å². The van der Waals surface area contributed by atoms with Gasteiger partial charge in [-0.15, -0.1) is 0 Å². The van der Waals surface area contributed by atoms with Crippen molar-refractivity contribution in [1.82, 2.24) is 20.0 Å². The highest BCUT2D eigenvalue weighted by atomic mass is 16.5. The van der Waals surface area contributed by atoms with Gasteiger partial charge in [0.05, 0.1) is 23.9 Å². The Hall–Kier alpha value is -5.37. The summed E-state index contributed by atoms with van der Waals surface area (Å²) in [7, 11) is 1.67. The number of carbonyl (C=O) groups excluding carboxylic acids is 3. The van der Waals surface area contributed by atoms with Crippen LogP contribution in [0.15, 0.2) is 120 Å². The number of hydrogen-bond acceptors (Lipinski definition) is 4. The summed E-state index contributed by atoms with van der Waals surface area (Å²) in [4.78, 5) is 47.1. The number of amides is 4. The second-order valence-electron chi connectivity index (χ2n) is 11.7. The summed E-state index contributed by atoms with van der Waals surface area (Å²) in [6.45, 7) is 1.27. The summed E-state index contributed by atoms with van der Waals surface area (Å²) in [6, 6.07) is 33.2. The molecule has 0 spiro atoms. The van der Waals surface area contributed by atoms with Gasteiger partial charge >= 0.3 is 6.03 Å². The second kappa shape index (κ2) is 12.0. The number of para-hydroxylation sites is 1. The molecule has 4 aromatic carbocycles. The van der Waals surface area contributed by atoms with Crippen molar-refractivity contribution in [1.29, 1.82) is 0 Å². The van der Waals surface area contributed by atoms with E-state index in [2.05, 4.69) is 17.4 Å². The predicted molar refractivity (Wildman–Crippen MR) is 170 cm³/mol. The van der Waals surface area contributed by atoms with Gasteiger partial charge in [-0.1, -0.05) is 84.9 Å². The SMILES string of the molecule is CN1C(=O)NC(c2cccc(Oc3ccccc3)c2)C2=C1CN(C(Cc1ccccc1)C(=O)N1CCc3ccccc3C1)C2=O. The summed E-state index contributed by atoms with van der Waals surface area (Å²) in [5.74, 6) is 0.952. The Balaban J connectivity index is 1.20. The normalized spacial score (nSPS) is 18.3. The number of rotatable bonds is 7. The maximum atomic E-state index is 14.5. The summed E-state index contributed by atoms with van der Waals surface area (Å²) < 4.78 is 6.06. The first-order valence-corrected chi connectivity index (χ1v) is 15.3. The molecule has 0 aromatic heterocycles. The van der Waals surface area contributed by atoms with Gasteiger partial charge in [-0.05, 0) is 52.9 Å². The van der Waals surface area contributed by atoms with Gasteiger partial charge < -0.3 is 19.9 Å². The van der Waals surface area contributed by atoms with Gasteiger partial charge in [-0.25, -0.2) is 4.79 Å². The smallest absolute Gasteiger partial charge is 0.322 e. The number of hydrogen-bond donors (Lipinski definition) is 1. The third kappa shape index (κ3) is 5.55. The average Bonchev–Trinajstić information content (AvgIpc) is 3.42. The molecule has 8 nitrogen and oxygen atoms in total. The number of likely N-dealkylation sites (N-methyl/N-ethyl adjacent to an activating group) is 1. The number of fused-ring (bicyclic) bond motifs is 1. The van der Waals surface area contributed by atoms with E-state index in [0.29, 0.717) is 42.3 Å². The standard InChI is InChI=1S/C37H34N4O4/c1-39-32-24-41(31(21-25-11-4-2-5-12-25)35(42)40-20-19-26-13-8-9-14-28(26)23-40)36(43)33(32)34(38-37(39)44)27-15-10-18-30(22-27)45-29-16-6-3-7-17-29/h2-18,22,31,34H,19-21,23-24H2,1H3,(H,38,44). The van der Waals surface area contributed by atoms with Gasteiger partial charge in [0.2, 0.25) is 5.91 Å². The highest BCUT2D eigenvalue weighted by Crippen LogP contribution is 2.38. The van der Waals surface area contributed by atoms with Crippen LogP contribution in [0.3, 0.4) is 0 Å². The largest absolute Gasteiger partial charge is 0.457 e. The van der Waals surface area contributed by atoms with Crippen LogP contribution < -0.4 is 10.1 Å². The lowest BCUT2D eigenvalue weighted by molar-refractivity contribution is -0.143. The van der Waals surface area contributed by atoms with Gasteiger partial charge in [0.1, 0.15) is 17.5 Å². The van der Waals surface area contributed by atoms with E-state index in [0.717, 1.165) is 23.1 Å². The fourth-order valence-electron chi connectivity index (χ4n) is 6.54. The first-order valence-electron chi connectivity index (χ1n) is 15.3. The highest BCUT2D eigenvalue weighted by Gasteiger charge is 2.47. The zero-order valence-corrected chi connectivity index (χ0v) is 25.1. The molecule has 0 fully saturated rings. The number of nitrogens with one attached hydrogen (secondary N) is 1. The van der Waals surface area contributed by atoms with Gasteiger partial charge in [0.25, 0.3) is 5.91 Å². The van der Waals surface area contributed by atoms with Gasteiger partial charge in [-0.2, -0.15) is 0 Å². The Labute approximate surface area is 262 Å². The monoisotopic (exact) mass is 598 g/mol. The fraction of sp³-hybridized carbons (Fsp3) is 0.216. The predicted octanol–water partition coefficient (Wildman–Crippen LogP) is 5.47. The molecule has 2 atom stereocenters. The summed E-state index contributed by atoms with van der Waals surface area (Å²) in [5.41, 5.74) is 5.17. The number of carbonyl (C=O) groups is 3. The van der Waals surface area contributed by atoms with Gasteiger partial charge in [0, 0.05) is 26.6 Å². The molecule has 0 saturated heterocycles. The van der Waals surface area contributed by atoms with E-state index in [9.17, 15) is 14.4 Å². The molecule has 0 aliphatic carbocycles. The number of urea groups is 1. The Bertz CT molecular complexity index is 1790. The minimum absolute atomic E-state index is 0.0849. The topological polar surface area (TPSA) is 82.2 Å². The maximum Gasteiger partial charge on any atom is 0.322 e. The van der Waals surface area contributed by atoms with Crippen molar-refractivity contribution in [3.05, 3.63) is 143 Å². The number of benzene rings is 4. The number of nitrogens with zero attached hydrogens (tertiary/aromatic N) is 3. The molecular formula is C37H34N4O4. The van der Waals surface area contributed by atoms with Gasteiger partial charge in [-0.3, -0.25) is 14.5 Å². The molecule has 4 amide bonds. The highest BCUT2D eigenvalue weighted by molar-refractivity contribution is 6.03. The van der Waals surface area contributed by atoms with Crippen molar-refractivity contribution in [2.24, 2.45) is 0 Å². The fourth-order valence-corrected chi connectivity index (χ4v) is 6.54. The minimum atomic E-state index is -0.729. The Kier molecular flexibility index (Phi) is 7.55. The zero-order valence-electron chi connectivity index (χ0n) is 25.1. The molecule has 0 bridgehead atoms. The Morgan fingerprint density at radius 2 is 1.53 bits per heavy atom. The molecule has 8 heteroatoms. The van der Waals surface area contributed by atoms with Crippen LogP contribution in [-0.2, 0) is 29.0 Å². The van der Waals surface area contributed by atoms with Crippen LogP contribution in [0.1, 0.15) is 28.3 Å². The van der Waals surface area contributed by atoms with Crippen LogP contribution >= 0.6 is 0 Å². The third-order valence-corrected chi connectivity index (χ3v) is 8.93. The van der Waals surface area contributed by atoms with E-state index in [1.54, 1.807) is 11.9 Å². The molecular weight excluding hydrogens is 564 g/mol. The molecule has 2 unspecified atom stereocenters. The van der Waals surface area contributed by atoms with Crippen molar-refractivity contribution >= 4 is 17.8 Å². The van der Waals surface area contributed by atoms with E-state index in [-0.39, 0.29) is 24.4 Å². The van der Waals surface area contributed by atoms with Crippen molar-refractivity contribution in [3.8, 4) is 11.5 Å². The third-order valence-electron chi connectivity index (χ3n) is 8.93. The first-order chi connectivity index (χ1) is 22.0. The Morgan fingerprint density at radius 3 is 2.31 bits per heavy atom. The molecule has 3 aliphatic rings. The van der Waals surface area contributed by atoms with Crippen molar-refractivity contribution in [3.63, 3.8) is 0 Å². The van der Waals surface area contributed by atoms with Crippen LogP contribution in [0.4, 0.5) is 4.79 Å². The molecule has 226 valence electrons. The lowest BCUT2D eigenvalue weighted by atomic mass is 9.95. The summed E-state index contributed by atoms with van der Waals surface area (Å²) >= 11 is 0. The van der Waals surface area contributed by atoms with Crippen LogP contribution in [0.2, 0.25) is 0 Å². The molecule has 7 rings (SSSR count). The molecule has 45 heavy (non-hydrogen) atoms. The lowest BCUT2D eigenvalue weighted by Gasteiger charge is -2.35. The maximum absolute atomic E-state index is 14.5. The van der Waals surface area contributed by atoms with Gasteiger partial charge in [0.15, 0.2) is 0 Å². The van der Waals surface area contributed by atoms with Crippen molar-refractivity contribution in [2.75, 3.05) is 20.1 Å². The van der Waals surface area contributed by atoms with Crippen LogP contribution in [-0.4, -0.2) is 58.7 Å². The van der Waals surface area contributed by atoms with E-state index < -0.39 is 12.1 Å².